The van der Waals surface area contributed by atoms with Gasteiger partial charge in [0.2, 0.25) is 5.91 Å². The van der Waals surface area contributed by atoms with Gasteiger partial charge in [-0.3, -0.25) is 9.78 Å². The van der Waals surface area contributed by atoms with Gasteiger partial charge in [0.1, 0.15) is 0 Å². The van der Waals surface area contributed by atoms with Gasteiger partial charge in [-0.25, -0.2) is 0 Å². The smallest absolute Gasteiger partial charge is 0.223 e. The van der Waals surface area contributed by atoms with Crippen LogP contribution in [-0.4, -0.2) is 55.2 Å². The highest BCUT2D eigenvalue weighted by Gasteiger charge is 2.25. The van der Waals surface area contributed by atoms with Crippen LogP contribution in [-0.2, 0) is 9.53 Å². The number of ether oxygens (including phenoxy) is 1. The molecule has 1 unspecified atom stereocenters. The summed E-state index contributed by atoms with van der Waals surface area (Å²) in [5.74, 6) is 0.717. The van der Waals surface area contributed by atoms with Crippen LogP contribution in [0.5, 0.6) is 0 Å². The molecular formula is C16H23N3O2. The highest BCUT2D eigenvalue weighted by atomic mass is 16.5. The van der Waals surface area contributed by atoms with Gasteiger partial charge in [-0.1, -0.05) is 0 Å². The van der Waals surface area contributed by atoms with E-state index in [9.17, 15) is 4.79 Å². The van der Waals surface area contributed by atoms with Crippen LogP contribution < -0.4 is 4.90 Å². The van der Waals surface area contributed by atoms with E-state index in [2.05, 4.69) is 22.9 Å². The summed E-state index contributed by atoms with van der Waals surface area (Å²) >= 11 is 0. The van der Waals surface area contributed by atoms with E-state index in [0.717, 1.165) is 45.8 Å². The summed E-state index contributed by atoms with van der Waals surface area (Å²) in [5.41, 5.74) is 2.43. The number of anilines is 1. The first kappa shape index (κ1) is 14.3. The number of rotatable bonds is 3. The van der Waals surface area contributed by atoms with Gasteiger partial charge in [-0.15, -0.1) is 0 Å². The number of nitrogens with zero attached hydrogens (tertiary/aromatic N) is 3. The van der Waals surface area contributed by atoms with Crippen molar-refractivity contribution >= 4 is 11.6 Å². The Kier molecular flexibility index (Phi) is 4.39. The summed E-state index contributed by atoms with van der Waals surface area (Å²) in [5, 5.41) is 0. The second-order valence-corrected chi connectivity index (χ2v) is 5.96. The molecule has 1 aromatic rings. The third kappa shape index (κ3) is 3.35. The van der Waals surface area contributed by atoms with Gasteiger partial charge in [0.15, 0.2) is 0 Å². The third-order valence-corrected chi connectivity index (χ3v) is 4.45. The molecule has 0 bridgehead atoms. The average Bonchev–Trinajstić information content (AvgIpc) is 3.01. The lowest BCUT2D eigenvalue weighted by Crippen LogP contribution is -2.49. The van der Waals surface area contributed by atoms with Crippen LogP contribution in [0.1, 0.15) is 18.4 Å². The lowest BCUT2D eigenvalue weighted by Gasteiger charge is -2.37. The van der Waals surface area contributed by atoms with E-state index >= 15 is 0 Å². The van der Waals surface area contributed by atoms with Gasteiger partial charge >= 0.3 is 0 Å². The first-order valence-corrected chi connectivity index (χ1v) is 7.75. The molecule has 2 aliphatic heterocycles. The van der Waals surface area contributed by atoms with Crippen molar-refractivity contribution in [2.45, 2.75) is 19.8 Å². The van der Waals surface area contributed by atoms with Gasteiger partial charge in [0, 0.05) is 63.9 Å². The molecule has 1 atom stereocenters. The summed E-state index contributed by atoms with van der Waals surface area (Å²) in [6.45, 7) is 7.08. The Morgan fingerprint density at radius 3 is 2.86 bits per heavy atom. The fourth-order valence-corrected chi connectivity index (χ4v) is 3.14. The lowest BCUT2D eigenvalue weighted by molar-refractivity contribution is -0.132. The minimum absolute atomic E-state index is 0.289. The first-order chi connectivity index (χ1) is 10.2. The molecule has 3 rings (SSSR count). The van der Waals surface area contributed by atoms with E-state index in [1.807, 2.05) is 17.3 Å². The van der Waals surface area contributed by atoms with E-state index in [1.165, 1.54) is 11.3 Å². The molecule has 2 fully saturated rings. The van der Waals surface area contributed by atoms with Crippen molar-refractivity contribution in [3.63, 3.8) is 0 Å². The molecule has 21 heavy (non-hydrogen) atoms. The minimum Gasteiger partial charge on any atom is -0.381 e. The van der Waals surface area contributed by atoms with Gasteiger partial charge < -0.3 is 14.5 Å². The predicted octanol–water partition coefficient (Wildman–Crippen LogP) is 1.47. The number of hydrogen-bond donors (Lipinski definition) is 0. The van der Waals surface area contributed by atoms with Crippen molar-refractivity contribution in [1.82, 2.24) is 9.88 Å². The molecule has 2 aliphatic rings. The second kappa shape index (κ2) is 6.43. The first-order valence-electron chi connectivity index (χ1n) is 7.75. The maximum atomic E-state index is 12.3. The minimum atomic E-state index is 0.289. The van der Waals surface area contributed by atoms with Gasteiger partial charge in [-0.05, 0) is 30.9 Å². The molecular weight excluding hydrogens is 266 g/mol. The largest absolute Gasteiger partial charge is 0.381 e. The Morgan fingerprint density at radius 2 is 2.19 bits per heavy atom. The summed E-state index contributed by atoms with van der Waals surface area (Å²) in [6, 6.07) is 2.06. The molecule has 0 aromatic carbocycles. The molecule has 3 heterocycles. The number of carbonyl (C=O) groups excluding carboxylic acids is 1. The Balaban J connectivity index is 1.52. The Labute approximate surface area is 125 Å². The quantitative estimate of drug-likeness (QED) is 0.845. The number of aryl methyl sites for hydroxylation is 1. The molecule has 5 heteroatoms. The molecule has 1 aromatic heterocycles. The van der Waals surface area contributed by atoms with Crippen molar-refractivity contribution in [1.29, 1.82) is 0 Å². The number of hydrogen-bond acceptors (Lipinski definition) is 4. The Hall–Kier alpha value is -1.62. The summed E-state index contributed by atoms with van der Waals surface area (Å²) in [6.07, 6.45) is 5.41. The number of carbonyl (C=O) groups is 1. The molecule has 1 amide bonds. The van der Waals surface area contributed by atoms with Crippen molar-refractivity contribution in [2.24, 2.45) is 5.92 Å². The zero-order valence-electron chi connectivity index (χ0n) is 12.6. The SMILES string of the molecule is Cc1cnccc1N1CCN(C(=O)CC2CCOC2)CC1. The van der Waals surface area contributed by atoms with E-state index in [0.29, 0.717) is 12.3 Å². The zero-order valence-corrected chi connectivity index (χ0v) is 12.6. The van der Waals surface area contributed by atoms with Crippen molar-refractivity contribution in [3.05, 3.63) is 24.0 Å². The lowest BCUT2D eigenvalue weighted by atomic mass is 10.0. The molecule has 0 radical (unpaired) electrons. The number of piperazine rings is 1. The zero-order chi connectivity index (χ0) is 14.7. The van der Waals surface area contributed by atoms with Crippen molar-refractivity contribution in [3.8, 4) is 0 Å². The van der Waals surface area contributed by atoms with Gasteiger partial charge in [0.05, 0.1) is 0 Å². The number of aromatic nitrogens is 1. The van der Waals surface area contributed by atoms with Crippen LogP contribution in [0.4, 0.5) is 5.69 Å². The van der Waals surface area contributed by atoms with Crippen molar-refractivity contribution in [2.75, 3.05) is 44.3 Å². The topological polar surface area (TPSA) is 45.7 Å². The highest BCUT2D eigenvalue weighted by Crippen LogP contribution is 2.21. The van der Waals surface area contributed by atoms with E-state index in [-0.39, 0.29) is 5.91 Å². The molecule has 0 aliphatic carbocycles. The summed E-state index contributed by atoms with van der Waals surface area (Å²) in [7, 11) is 0. The molecule has 0 N–H and O–H groups in total. The van der Waals surface area contributed by atoms with Gasteiger partial charge in [0.25, 0.3) is 0 Å². The van der Waals surface area contributed by atoms with Crippen LogP contribution in [0.25, 0.3) is 0 Å². The second-order valence-electron chi connectivity index (χ2n) is 5.96. The Morgan fingerprint density at radius 1 is 1.38 bits per heavy atom. The third-order valence-electron chi connectivity index (χ3n) is 4.45. The summed E-state index contributed by atoms with van der Waals surface area (Å²) in [4.78, 5) is 20.8. The predicted molar refractivity (Wildman–Crippen MR) is 81.3 cm³/mol. The van der Waals surface area contributed by atoms with Crippen LogP contribution in [0, 0.1) is 12.8 Å². The number of amides is 1. The molecule has 0 saturated carbocycles. The maximum absolute atomic E-state index is 12.3. The molecule has 0 spiro atoms. The monoisotopic (exact) mass is 289 g/mol. The fraction of sp³-hybridized carbons (Fsp3) is 0.625. The van der Waals surface area contributed by atoms with Crippen LogP contribution in [0.15, 0.2) is 18.5 Å². The van der Waals surface area contributed by atoms with Gasteiger partial charge in [-0.2, -0.15) is 0 Å². The van der Waals surface area contributed by atoms with Crippen LogP contribution in [0.3, 0.4) is 0 Å². The highest BCUT2D eigenvalue weighted by molar-refractivity contribution is 5.77. The number of pyridine rings is 1. The van der Waals surface area contributed by atoms with E-state index in [4.69, 9.17) is 4.74 Å². The molecule has 2 saturated heterocycles. The molecule has 114 valence electrons. The van der Waals surface area contributed by atoms with Crippen LogP contribution >= 0.6 is 0 Å². The normalized spacial score (nSPS) is 22.6. The maximum Gasteiger partial charge on any atom is 0.223 e. The fourth-order valence-electron chi connectivity index (χ4n) is 3.14. The van der Waals surface area contributed by atoms with Crippen LogP contribution in [0.2, 0.25) is 0 Å². The van der Waals surface area contributed by atoms with Crippen molar-refractivity contribution < 1.29 is 9.53 Å². The van der Waals surface area contributed by atoms with E-state index < -0.39 is 0 Å². The average molecular weight is 289 g/mol. The summed E-state index contributed by atoms with van der Waals surface area (Å²) < 4.78 is 5.35. The molecule has 5 nitrogen and oxygen atoms in total. The standard InChI is InChI=1S/C16H23N3O2/c1-13-11-17-4-2-15(13)18-5-7-19(8-6-18)16(20)10-14-3-9-21-12-14/h2,4,11,14H,3,5-10,12H2,1H3. The van der Waals surface area contributed by atoms with E-state index in [1.54, 1.807) is 0 Å². The Bertz CT molecular complexity index is 492.